The van der Waals surface area contributed by atoms with E-state index in [1.807, 2.05) is 39.4 Å². The van der Waals surface area contributed by atoms with Gasteiger partial charge >= 0.3 is 17.9 Å². The highest BCUT2D eigenvalue weighted by Crippen LogP contribution is 2.10. The van der Waals surface area contributed by atoms with Crippen LogP contribution in [0.4, 0.5) is 0 Å². The minimum Gasteiger partial charge on any atom is -0.477 e. The van der Waals surface area contributed by atoms with E-state index >= 15 is 0 Å². The summed E-state index contributed by atoms with van der Waals surface area (Å²) in [5, 5.41) is 9.56. The van der Waals surface area contributed by atoms with Gasteiger partial charge in [0.2, 0.25) is 0 Å². The van der Waals surface area contributed by atoms with Crippen LogP contribution in [0.25, 0.3) is 0 Å². The molecule has 2 atom stereocenters. The maximum atomic E-state index is 12.6. The van der Waals surface area contributed by atoms with Crippen LogP contribution in [0.5, 0.6) is 0 Å². The smallest absolute Gasteiger partial charge is 0.362 e. The Labute approximate surface area is 303 Å². The van der Waals surface area contributed by atoms with Crippen molar-refractivity contribution < 1.29 is 38.2 Å². The van der Waals surface area contributed by atoms with Crippen molar-refractivity contribution in [2.45, 2.75) is 122 Å². The number of carbonyl (C=O) groups is 3. The van der Waals surface area contributed by atoms with E-state index in [2.05, 4.69) is 80.7 Å². The van der Waals surface area contributed by atoms with Gasteiger partial charge in [-0.15, -0.1) is 0 Å². The zero-order chi connectivity index (χ0) is 37.1. The lowest BCUT2D eigenvalue weighted by Gasteiger charge is -2.31. The Balaban J connectivity index is 4.56. The molecule has 2 unspecified atom stereocenters. The van der Waals surface area contributed by atoms with Crippen molar-refractivity contribution >= 4 is 17.9 Å². The number of carboxylic acids is 1. The Morgan fingerprint density at radius 3 is 1.60 bits per heavy atom. The molecule has 0 amide bonds. The fourth-order valence-electron chi connectivity index (χ4n) is 4.66. The van der Waals surface area contributed by atoms with E-state index in [-0.39, 0.29) is 43.1 Å². The maximum absolute atomic E-state index is 12.6. The van der Waals surface area contributed by atoms with Crippen LogP contribution in [0.1, 0.15) is 110 Å². The molecule has 0 saturated carbocycles. The molecule has 8 heteroatoms. The Morgan fingerprint density at radius 1 is 0.620 bits per heavy atom. The summed E-state index contributed by atoms with van der Waals surface area (Å²) in [5.74, 6) is -1.66. The zero-order valence-corrected chi connectivity index (χ0v) is 31.8. The number of ether oxygens (including phenoxy) is 3. The van der Waals surface area contributed by atoms with Gasteiger partial charge in [-0.2, -0.15) is 0 Å². The summed E-state index contributed by atoms with van der Waals surface area (Å²) in [7, 11) is 5.46. The third kappa shape index (κ3) is 30.6. The molecule has 282 valence electrons. The van der Waals surface area contributed by atoms with Gasteiger partial charge in [0.15, 0.2) is 12.1 Å². The van der Waals surface area contributed by atoms with E-state index in [0.29, 0.717) is 19.3 Å². The van der Waals surface area contributed by atoms with Gasteiger partial charge in [-0.1, -0.05) is 112 Å². The van der Waals surface area contributed by atoms with Crippen LogP contribution in [0.15, 0.2) is 85.1 Å². The number of quaternary nitrogens is 1. The number of hydrogen-bond acceptors (Lipinski definition) is 6. The number of nitrogens with zero attached hydrogens (tertiary/aromatic N) is 1. The molecule has 0 rings (SSSR count). The van der Waals surface area contributed by atoms with Gasteiger partial charge in [0.1, 0.15) is 6.61 Å². The molecule has 0 saturated heterocycles. The first kappa shape index (κ1) is 46.5. The second-order valence-corrected chi connectivity index (χ2v) is 13.1. The average Bonchev–Trinajstić information content (AvgIpc) is 3.06. The Kier molecular flexibility index (Phi) is 30.4. The topological polar surface area (TPSA) is 99.1 Å². The van der Waals surface area contributed by atoms with E-state index in [4.69, 9.17) is 14.2 Å². The number of esters is 2. The molecule has 50 heavy (non-hydrogen) atoms. The van der Waals surface area contributed by atoms with Crippen LogP contribution in [-0.4, -0.2) is 80.6 Å². The third-order valence-electron chi connectivity index (χ3n) is 7.56. The number of carboxylic acid groups (broad SMARTS) is 1. The number of hydrogen-bond donors (Lipinski definition) is 1. The highest BCUT2D eigenvalue weighted by atomic mass is 16.6. The van der Waals surface area contributed by atoms with Gasteiger partial charge in [-0.25, -0.2) is 4.79 Å². The average molecular weight is 699 g/mol. The van der Waals surface area contributed by atoms with Crippen molar-refractivity contribution in [2.75, 3.05) is 41.0 Å². The first-order valence-corrected chi connectivity index (χ1v) is 18.6. The molecule has 0 aromatic rings. The zero-order valence-electron chi connectivity index (χ0n) is 31.8. The summed E-state index contributed by atoms with van der Waals surface area (Å²) in [5.41, 5.74) is 0. The molecule has 1 N–H and O–H groups in total. The van der Waals surface area contributed by atoms with Gasteiger partial charge < -0.3 is 23.8 Å². The van der Waals surface area contributed by atoms with Crippen LogP contribution in [0, 0.1) is 0 Å². The third-order valence-corrected chi connectivity index (χ3v) is 7.56. The number of allylic oxidation sites excluding steroid dienone is 14. The van der Waals surface area contributed by atoms with Crippen LogP contribution in [0.2, 0.25) is 0 Å². The summed E-state index contributed by atoms with van der Waals surface area (Å²) in [6.45, 7) is 4.39. The molecule has 0 aliphatic heterocycles. The highest BCUT2D eigenvalue weighted by molar-refractivity contribution is 5.72. The molecule has 8 nitrogen and oxygen atoms in total. The Hall–Kier alpha value is -3.49. The maximum Gasteiger partial charge on any atom is 0.362 e. The van der Waals surface area contributed by atoms with E-state index < -0.39 is 24.1 Å². The molecular formula is C42H68NO7+. The predicted molar refractivity (Wildman–Crippen MR) is 206 cm³/mol. The van der Waals surface area contributed by atoms with Crippen molar-refractivity contribution in [3.63, 3.8) is 0 Å². The Morgan fingerprint density at radius 2 is 1.10 bits per heavy atom. The van der Waals surface area contributed by atoms with Crippen molar-refractivity contribution in [3.8, 4) is 0 Å². The van der Waals surface area contributed by atoms with Gasteiger partial charge in [0.05, 0.1) is 34.4 Å². The van der Waals surface area contributed by atoms with Crippen LogP contribution < -0.4 is 0 Å². The second kappa shape index (κ2) is 32.7. The van der Waals surface area contributed by atoms with Crippen LogP contribution in [0.3, 0.4) is 0 Å². The van der Waals surface area contributed by atoms with Crippen LogP contribution >= 0.6 is 0 Å². The van der Waals surface area contributed by atoms with Crippen molar-refractivity contribution in [2.24, 2.45) is 0 Å². The normalized spacial score (nSPS) is 14.0. The first-order valence-electron chi connectivity index (χ1n) is 18.6. The monoisotopic (exact) mass is 698 g/mol. The molecule has 0 spiro atoms. The minimum atomic E-state index is -0.896. The first-order chi connectivity index (χ1) is 24.1. The van der Waals surface area contributed by atoms with E-state index in [1.54, 1.807) is 0 Å². The standard InChI is InChI=1S/C42H67NO7/c1-6-8-10-12-14-15-16-17-18-19-20-21-22-23-24-25-27-29-31-33-41(45)50-38(36-48-35-34-39(42(46)47)43(3,4)5)37-49-40(44)32-30-28-26-13-11-9-7-2/h8,10,14-15,17-18,20-21,23-24,26-29,38-39H,6-7,9,11-13,16,19,22,25,30-37H2,1-5H3/p+1/b10-8+,15-14+,18-17+,21-20+,24-23+,28-26+,29-27+. The molecule has 0 radical (unpaired) electrons. The molecule has 0 aliphatic rings. The lowest BCUT2D eigenvalue weighted by atomic mass is 10.1. The van der Waals surface area contributed by atoms with Crippen LogP contribution in [-0.2, 0) is 28.6 Å². The molecule has 0 heterocycles. The molecule has 0 fully saturated rings. The summed E-state index contributed by atoms with van der Waals surface area (Å²) in [6.07, 6.45) is 41.0. The number of carbonyl (C=O) groups excluding carboxylic acids is 2. The van der Waals surface area contributed by atoms with Crippen molar-refractivity contribution in [1.29, 1.82) is 0 Å². The largest absolute Gasteiger partial charge is 0.477 e. The molecule has 0 bridgehead atoms. The SMILES string of the molecule is CC/C=C/C/C=C/C/C=C/C/C=C/C/C=C/C/C=C/CCC(=O)OC(COCCC(C(=O)O)[N+](C)(C)C)COC(=O)CC/C=C/CCCCC. The fraction of sp³-hybridized carbons (Fsp3) is 0.595. The molecule has 0 aromatic heterocycles. The Bertz CT molecular complexity index is 1090. The van der Waals surface area contributed by atoms with E-state index in [9.17, 15) is 19.5 Å². The number of likely N-dealkylation sites (N-methyl/N-ethyl adjacent to an activating group) is 1. The van der Waals surface area contributed by atoms with Gasteiger partial charge in [-0.05, 0) is 64.2 Å². The second-order valence-electron chi connectivity index (χ2n) is 13.1. The molecule has 0 aliphatic carbocycles. The highest BCUT2D eigenvalue weighted by Gasteiger charge is 2.31. The van der Waals surface area contributed by atoms with Crippen molar-refractivity contribution in [1.82, 2.24) is 0 Å². The summed E-state index contributed by atoms with van der Waals surface area (Å²) in [4.78, 5) is 36.6. The lowest BCUT2D eigenvalue weighted by Crippen LogP contribution is -2.50. The van der Waals surface area contributed by atoms with Gasteiger partial charge in [-0.3, -0.25) is 9.59 Å². The van der Waals surface area contributed by atoms with Gasteiger partial charge in [0.25, 0.3) is 0 Å². The van der Waals surface area contributed by atoms with E-state index in [0.717, 1.165) is 51.4 Å². The predicted octanol–water partition coefficient (Wildman–Crippen LogP) is 9.40. The van der Waals surface area contributed by atoms with E-state index in [1.165, 1.54) is 12.8 Å². The minimum absolute atomic E-state index is 0.0136. The fourth-order valence-corrected chi connectivity index (χ4v) is 4.66. The summed E-state index contributed by atoms with van der Waals surface area (Å²) < 4.78 is 17.0. The molecule has 0 aromatic carbocycles. The number of unbranched alkanes of at least 4 members (excludes halogenated alkanes) is 3. The summed E-state index contributed by atoms with van der Waals surface area (Å²) >= 11 is 0. The lowest BCUT2D eigenvalue weighted by molar-refractivity contribution is -0.887. The van der Waals surface area contributed by atoms with Crippen molar-refractivity contribution in [3.05, 3.63) is 85.1 Å². The van der Waals surface area contributed by atoms with Gasteiger partial charge in [0, 0.05) is 19.3 Å². The number of rotatable bonds is 31. The number of aliphatic carboxylic acids is 1. The molecular weight excluding hydrogens is 630 g/mol. The quantitative estimate of drug-likeness (QED) is 0.0333. The summed E-state index contributed by atoms with van der Waals surface area (Å²) in [6, 6.07) is -0.634.